The van der Waals surface area contributed by atoms with E-state index >= 15 is 0 Å². The van der Waals surface area contributed by atoms with Crippen molar-refractivity contribution in [2.24, 2.45) is 17.1 Å². The van der Waals surface area contributed by atoms with E-state index in [0.717, 1.165) is 42.9 Å². The normalized spacial score (nSPS) is 32.5. The summed E-state index contributed by atoms with van der Waals surface area (Å²) in [5, 5.41) is 2.36. The first-order chi connectivity index (χ1) is 13.0. The molecule has 4 aliphatic rings. The molecule has 1 aliphatic carbocycles. The van der Waals surface area contributed by atoms with Gasteiger partial charge < -0.3 is 10.6 Å². The Balaban J connectivity index is 1.36. The summed E-state index contributed by atoms with van der Waals surface area (Å²) < 4.78 is 0. The minimum Gasteiger partial charge on any atom is -0.330 e. The summed E-state index contributed by atoms with van der Waals surface area (Å²) in [4.78, 5) is 40.8. The zero-order chi connectivity index (χ0) is 18.8. The number of nitrogens with two attached hydrogens (primary N) is 1. The second kappa shape index (κ2) is 5.87. The molecule has 0 spiro atoms. The Kier molecular flexibility index (Phi) is 3.67. The molecule has 3 fully saturated rings. The van der Waals surface area contributed by atoms with E-state index in [0.29, 0.717) is 24.3 Å². The van der Waals surface area contributed by atoms with Gasteiger partial charge in [0, 0.05) is 38.2 Å². The van der Waals surface area contributed by atoms with Gasteiger partial charge in [0.1, 0.15) is 6.04 Å². The van der Waals surface area contributed by atoms with Crippen LogP contribution < -0.4 is 11.1 Å². The van der Waals surface area contributed by atoms with Crippen molar-refractivity contribution in [2.45, 2.75) is 38.4 Å². The molecule has 3 heterocycles. The van der Waals surface area contributed by atoms with Gasteiger partial charge in [0.25, 0.3) is 5.91 Å². The lowest BCUT2D eigenvalue weighted by Gasteiger charge is -2.29. The lowest BCUT2D eigenvalue weighted by molar-refractivity contribution is -0.136. The van der Waals surface area contributed by atoms with Gasteiger partial charge in [-0.3, -0.25) is 24.6 Å². The Hall–Kier alpha value is -2.25. The topological polar surface area (TPSA) is 95.7 Å². The van der Waals surface area contributed by atoms with Gasteiger partial charge in [-0.1, -0.05) is 18.2 Å². The van der Waals surface area contributed by atoms with Crippen LogP contribution in [0.25, 0.3) is 0 Å². The zero-order valence-corrected chi connectivity index (χ0v) is 15.2. The van der Waals surface area contributed by atoms with E-state index in [9.17, 15) is 14.4 Å². The molecule has 1 unspecified atom stereocenters. The minimum absolute atomic E-state index is 0.0898. The van der Waals surface area contributed by atoms with Crippen molar-refractivity contribution in [2.75, 3.05) is 19.6 Å². The van der Waals surface area contributed by atoms with Crippen molar-refractivity contribution in [3.8, 4) is 0 Å². The van der Waals surface area contributed by atoms with Crippen LogP contribution in [0.4, 0.5) is 0 Å². The van der Waals surface area contributed by atoms with Gasteiger partial charge in [-0.05, 0) is 41.8 Å². The number of hydrogen-bond donors (Lipinski definition) is 2. The predicted molar refractivity (Wildman–Crippen MR) is 97.4 cm³/mol. The standard InChI is InChI=1S/C20H24N4O3/c21-10-20-6-14(20)9-23(11-20)7-12-2-1-3-13-8-24(19(27)17(12)13)15-4-5-16(25)22-18(15)26/h1-3,14-15H,4-11,21H2,(H,22,25,26)/t14-,15?,20-/m1/s1. The number of rotatable bonds is 4. The first-order valence-electron chi connectivity index (χ1n) is 9.68. The van der Waals surface area contributed by atoms with Gasteiger partial charge in [-0.2, -0.15) is 0 Å². The van der Waals surface area contributed by atoms with Gasteiger partial charge in [0.2, 0.25) is 11.8 Å². The van der Waals surface area contributed by atoms with Crippen LogP contribution in [-0.2, 0) is 22.7 Å². The maximum absolute atomic E-state index is 13.1. The fraction of sp³-hybridized carbons (Fsp3) is 0.550. The first kappa shape index (κ1) is 16.9. The molecule has 3 amide bonds. The highest BCUT2D eigenvalue weighted by molar-refractivity contribution is 6.05. The molecule has 7 nitrogen and oxygen atoms in total. The second-order valence-corrected chi connectivity index (χ2v) is 8.49. The van der Waals surface area contributed by atoms with Crippen LogP contribution in [0.5, 0.6) is 0 Å². The Morgan fingerprint density at radius 3 is 2.85 bits per heavy atom. The Bertz CT molecular complexity index is 850. The summed E-state index contributed by atoms with van der Waals surface area (Å²) >= 11 is 0. The summed E-state index contributed by atoms with van der Waals surface area (Å²) in [5.74, 6) is -0.0102. The number of fused-ring (bicyclic) bond motifs is 2. The van der Waals surface area contributed by atoms with E-state index in [4.69, 9.17) is 5.73 Å². The molecule has 3 atom stereocenters. The summed E-state index contributed by atoms with van der Waals surface area (Å²) in [6, 6.07) is 5.41. The molecule has 3 aliphatic heterocycles. The summed E-state index contributed by atoms with van der Waals surface area (Å²) in [7, 11) is 0. The third-order valence-corrected chi connectivity index (χ3v) is 6.82. The highest BCUT2D eigenvalue weighted by Crippen LogP contribution is 2.57. The molecule has 0 aromatic heterocycles. The van der Waals surface area contributed by atoms with E-state index in [1.165, 1.54) is 6.42 Å². The number of benzene rings is 1. The average molecular weight is 368 g/mol. The summed E-state index contributed by atoms with van der Waals surface area (Å²) in [5.41, 5.74) is 9.00. The lowest BCUT2D eigenvalue weighted by atomic mass is 10.0. The number of amides is 3. The fourth-order valence-corrected chi connectivity index (χ4v) is 5.20. The zero-order valence-electron chi connectivity index (χ0n) is 15.2. The molecule has 0 radical (unpaired) electrons. The van der Waals surface area contributed by atoms with E-state index < -0.39 is 6.04 Å². The maximum atomic E-state index is 13.1. The molecule has 142 valence electrons. The summed E-state index contributed by atoms with van der Waals surface area (Å²) in [6.07, 6.45) is 1.90. The highest BCUT2D eigenvalue weighted by atomic mass is 16.2. The smallest absolute Gasteiger partial charge is 0.255 e. The van der Waals surface area contributed by atoms with Crippen LogP contribution in [0.15, 0.2) is 18.2 Å². The van der Waals surface area contributed by atoms with Crippen LogP contribution in [-0.4, -0.2) is 53.2 Å². The van der Waals surface area contributed by atoms with Gasteiger partial charge in [0.15, 0.2) is 0 Å². The highest BCUT2D eigenvalue weighted by Gasteiger charge is 2.58. The predicted octanol–water partition coefficient (Wildman–Crippen LogP) is 0.228. The third kappa shape index (κ3) is 2.60. The van der Waals surface area contributed by atoms with Crippen LogP contribution in [0.3, 0.4) is 0 Å². The molecule has 7 heteroatoms. The molecule has 2 saturated heterocycles. The van der Waals surface area contributed by atoms with E-state index in [-0.39, 0.29) is 24.1 Å². The molecular formula is C20H24N4O3. The molecule has 27 heavy (non-hydrogen) atoms. The van der Waals surface area contributed by atoms with Crippen molar-refractivity contribution < 1.29 is 14.4 Å². The van der Waals surface area contributed by atoms with E-state index in [1.807, 2.05) is 18.2 Å². The number of piperidine rings is 2. The van der Waals surface area contributed by atoms with Crippen molar-refractivity contribution in [3.05, 3.63) is 34.9 Å². The Morgan fingerprint density at radius 1 is 1.26 bits per heavy atom. The van der Waals surface area contributed by atoms with E-state index in [1.54, 1.807) is 4.90 Å². The second-order valence-electron chi connectivity index (χ2n) is 8.49. The largest absolute Gasteiger partial charge is 0.330 e. The van der Waals surface area contributed by atoms with Crippen molar-refractivity contribution in [3.63, 3.8) is 0 Å². The van der Waals surface area contributed by atoms with Crippen molar-refractivity contribution >= 4 is 17.7 Å². The van der Waals surface area contributed by atoms with Crippen molar-refractivity contribution in [1.29, 1.82) is 0 Å². The number of nitrogens with zero attached hydrogens (tertiary/aromatic N) is 2. The third-order valence-electron chi connectivity index (χ3n) is 6.82. The Labute approximate surface area is 157 Å². The number of carbonyl (C=O) groups is 3. The van der Waals surface area contributed by atoms with E-state index in [2.05, 4.69) is 10.2 Å². The molecule has 0 bridgehead atoms. The van der Waals surface area contributed by atoms with Gasteiger partial charge in [0.05, 0.1) is 0 Å². The molecular weight excluding hydrogens is 344 g/mol. The van der Waals surface area contributed by atoms with Gasteiger partial charge >= 0.3 is 0 Å². The minimum atomic E-state index is -0.560. The molecule has 3 N–H and O–H groups in total. The number of nitrogens with one attached hydrogen (secondary N) is 1. The molecule has 5 rings (SSSR count). The quantitative estimate of drug-likeness (QED) is 0.742. The van der Waals surface area contributed by atoms with Gasteiger partial charge in [-0.15, -0.1) is 0 Å². The number of imide groups is 1. The number of carbonyl (C=O) groups excluding carboxylic acids is 3. The average Bonchev–Trinajstić information content (AvgIpc) is 3.03. The number of hydrogen-bond acceptors (Lipinski definition) is 5. The summed E-state index contributed by atoms with van der Waals surface area (Å²) in [6.45, 7) is 3.97. The van der Waals surface area contributed by atoms with Crippen LogP contribution in [0.1, 0.15) is 40.7 Å². The fourth-order valence-electron chi connectivity index (χ4n) is 5.20. The van der Waals surface area contributed by atoms with Crippen LogP contribution in [0, 0.1) is 11.3 Å². The molecule has 1 aromatic rings. The van der Waals surface area contributed by atoms with Crippen LogP contribution in [0.2, 0.25) is 0 Å². The maximum Gasteiger partial charge on any atom is 0.255 e. The molecule has 1 aromatic carbocycles. The number of likely N-dealkylation sites (tertiary alicyclic amines) is 1. The lowest BCUT2D eigenvalue weighted by Crippen LogP contribution is -2.52. The SMILES string of the molecule is NC[C@@]12C[C@@H]1CN(Cc1cccc3c1C(=O)N(C1CCC(=O)NC1=O)C3)C2. The van der Waals surface area contributed by atoms with Crippen LogP contribution >= 0.6 is 0 Å². The first-order valence-corrected chi connectivity index (χ1v) is 9.68. The van der Waals surface area contributed by atoms with Crippen molar-refractivity contribution in [1.82, 2.24) is 15.1 Å². The van der Waals surface area contributed by atoms with Gasteiger partial charge in [-0.25, -0.2) is 0 Å². The monoisotopic (exact) mass is 368 g/mol. The molecule has 1 saturated carbocycles. The Morgan fingerprint density at radius 2 is 2.11 bits per heavy atom.